The molecule has 1 aromatic rings. The summed E-state index contributed by atoms with van der Waals surface area (Å²) in [4.78, 5) is 10.4. The van der Waals surface area contributed by atoms with Gasteiger partial charge in [0.1, 0.15) is 0 Å². The Morgan fingerprint density at radius 1 is 1.47 bits per heavy atom. The Balaban J connectivity index is 2.77. The Bertz CT molecular complexity index is 465. The molecular formula is C13H20N2O3S. The average Bonchev–Trinajstić information content (AvgIpc) is 2.39. The van der Waals surface area contributed by atoms with Gasteiger partial charge in [0.05, 0.1) is 4.92 Å². The molecule has 0 saturated carbocycles. The van der Waals surface area contributed by atoms with Crippen molar-refractivity contribution >= 4 is 16.5 Å². The van der Waals surface area contributed by atoms with Gasteiger partial charge in [0.25, 0.3) is 5.69 Å². The second kappa shape index (κ2) is 7.35. The number of nitro groups is 1. The predicted octanol–water partition coefficient (Wildman–Crippen LogP) is 2.40. The molecule has 6 heteroatoms. The summed E-state index contributed by atoms with van der Waals surface area (Å²) in [6, 6.07) is 6.70. The van der Waals surface area contributed by atoms with Crippen molar-refractivity contribution in [3.63, 3.8) is 0 Å². The Labute approximate surface area is 116 Å². The minimum absolute atomic E-state index is 0.0471. The van der Waals surface area contributed by atoms with Gasteiger partial charge < -0.3 is 5.32 Å². The smallest absolute Gasteiger partial charge is 0.269 e. The van der Waals surface area contributed by atoms with Crippen LogP contribution in [0.3, 0.4) is 0 Å². The zero-order chi connectivity index (χ0) is 14.4. The summed E-state index contributed by atoms with van der Waals surface area (Å²) in [5.74, 6) is 0. The summed E-state index contributed by atoms with van der Waals surface area (Å²) in [6.07, 6.45) is 2.50. The Hall–Kier alpha value is -1.27. The molecule has 0 bridgehead atoms. The highest BCUT2D eigenvalue weighted by molar-refractivity contribution is 7.84. The molecule has 19 heavy (non-hydrogen) atoms. The molecule has 0 heterocycles. The van der Waals surface area contributed by atoms with E-state index in [4.69, 9.17) is 0 Å². The normalized spacial score (nSPS) is 15.7. The molecule has 1 aromatic carbocycles. The van der Waals surface area contributed by atoms with Gasteiger partial charge in [-0.05, 0) is 18.9 Å². The molecule has 1 N–H and O–H groups in total. The highest BCUT2D eigenvalue weighted by Gasteiger charge is 2.15. The molecule has 3 unspecified atom stereocenters. The van der Waals surface area contributed by atoms with Crippen molar-refractivity contribution in [2.45, 2.75) is 31.6 Å². The van der Waals surface area contributed by atoms with Gasteiger partial charge in [-0.1, -0.05) is 19.1 Å². The average molecular weight is 284 g/mol. The summed E-state index contributed by atoms with van der Waals surface area (Å²) in [7, 11) is -0.868. The summed E-state index contributed by atoms with van der Waals surface area (Å²) < 4.78 is 11.3. The van der Waals surface area contributed by atoms with Crippen LogP contribution in [0.4, 0.5) is 5.69 Å². The van der Waals surface area contributed by atoms with E-state index in [1.54, 1.807) is 18.4 Å². The van der Waals surface area contributed by atoms with Gasteiger partial charge >= 0.3 is 0 Å². The van der Waals surface area contributed by atoms with E-state index < -0.39 is 10.8 Å². The van der Waals surface area contributed by atoms with E-state index in [0.717, 1.165) is 12.0 Å². The fourth-order valence-electron chi connectivity index (χ4n) is 1.78. The Morgan fingerprint density at radius 2 is 2.16 bits per heavy atom. The molecule has 106 valence electrons. The third kappa shape index (κ3) is 4.72. The topological polar surface area (TPSA) is 72.2 Å². The van der Waals surface area contributed by atoms with Crippen LogP contribution in [0.15, 0.2) is 24.3 Å². The first-order chi connectivity index (χ1) is 8.95. The lowest BCUT2D eigenvalue weighted by Crippen LogP contribution is -2.30. The highest BCUT2D eigenvalue weighted by Crippen LogP contribution is 2.21. The molecule has 0 aliphatic heterocycles. The zero-order valence-corrected chi connectivity index (χ0v) is 12.3. The van der Waals surface area contributed by atoms with Gasteiger partial charge in [0.2, 0.25) is 0 Å². The molecule has 0 amide bonds. The number of hydrogen-bond donors (Lipinski definition) is 1. The molecule has 0 aliphatic rings. The van der Waals surface area contributed by atoms with Crippen LogP contribution in [-0.4, -0.2) is 27.2 Å². The summed E-state index contributed by atoms with van der Waals surface area (Å²) >= 11 is 0. The first-order valence-electron chi connectivity index (χ1n) is 6.25. The van der Waals surface area contributed by atoms with Gasteiger partial charge in [0.15, 0.2) is 0 Å². The number of nitrogens with zero attached hydrogens (tertiary/aromatic N) is 1. The van der Waals surface area contributed by atoms with Crippen LogP contribution in [0.25, 0.3) is 0 Å². The number of rotatable bonds is 7. The van der Waals surface area contributed by atoms with Crippen molar-refractivity contribution in [2.75, 3.05) is 12.8 Å². The predicted molar refractivity (Wildman–Crippen MR) is 77.7 cm³/mol. The van der Waals surface area contributed by atoms with Crippen LogP contribution in [0.2, 0.25) is 0 Å². The summed E-state index contributed by atoms with van der Waals surface area (Å²) in [6.45, 7) is 4.57. The molecular weight excluding hydrogens is 264 g/mol. The van der Waals surface area contributed by atoms with Crippen molar-refractivity contribution in [1.82, 2.24) is 5.32 Å². The molecule has 0 spiro atoms. The third-order valence-corrected chi connectivity index (χ3v) is 4.41. The monoisotopic (exact) mass is 284 g/mol. The molecule has 5 nitrogen and oxygen atoms in total. The van der Waals surface area contributed by atoms with Gasteiger partial charge in [-0.3, -0.25) is 14.3 Å². The van der Waals surface area contributed by atoms with Crippen molar-refractivity contribution in [2.24, 2.45) is 0 Å². The van der Waals surface area contributed by atoms with Crippen molar-refractivity contribution < 1.29 is 9.13 Å². The highest BCUT2D eigenvalue weighted by atomic mass is 32.2. The van der Waals surface area contributed by atoms with Crippen molar-refractivity contribution in [3.05, 3.63) is 39.9 Å². The lowest BCUT2D eigenvalue weighted by molar-refractivity contribution is -0.384. The molecule has 0 radical (unpaired) electrons. The first-order valence-corrected chi connectivity index (χ1v) is 7.87. The maximum Gasteiger partial charge on any atom is 0.269 e. The minimum Gasteiger partial charge on any atom is -0.309 e. The number of non-ortho nitro benzene ring substituents is 1. The number of hydrogen-bond acceptors (Lipinski definition) is 4. The molecule has 0 aromatic heterocycles. The van der Waals surface area contributed by atoms with E-state index in [0.29, 0.717) is 6.54 Å². The number of benzene rings is 1. The Morgan fingerprint density at radius 3 is 2.68 bits per heavy atom. The standard InChI is InChI=1S/C13H20N2O3S/c1-4-13(14-9-10(2)19(3)18)11-6-5-7-12(8-11)15(16)17/h5-8,10,13-14H,4,9H2,1-3H3. The van der Waals surface area contributed by atoms with E-state index >= 15 is 0 Å². The zero-order valence-electron chi connectivity index (χ0n) is 11.5. The van der Waals surface area contributed by atoms with Crippen molar-refractivity contribution in [1.29, 1.82) is 0 Å². The van der Waals surface area contributed by atoms with E-state index in [-0.39, 0.29) is 21.9 Å². The number of nitro benzene ring substituents is 1. The van der Waals surface area contributed by atoms with E-state index in [1.807, 2.05) is 19.9 Å². The fourth-order valence-corrected chi connectivity index (χ4v) is 2.11. The van der Waals surface area contributed by atoms with E-state index in [2.05, 4.69) is 5.32 Å². The first kappa shape index (κ1) is 15.8. The van der Waals surface area contributed by atoms with Crippen LogP contribution in [0.5, 0.6) is 0 Å². The van der Waals surface area contributed by atoms with Gasteiger partial charge in [-0.15, -0.1) is 0 Å². The third-order valence-electron chi connectivity index (χ3n) is 3.11. The molecule has 0 fully saturated rings. The van der Waals surface area contributed by atoms with Gasteiger partial charge in [-0.25, -0.2) is 0 Å². The maximum atomic E-state index is 11.3. The maximum absolute atomic E-state index is 11.3. The van der Waals surface area contributed by atoms with Gasteiger partial charge in [-0.2, -0.15) is 0 Å². The lowest BCUT2D eigenvalue weighted by Gasteiger charge is -2.19. The Kier molecular flexibility index (Phi) is 6.11. The van der Waals surface area contributed by atoms with Crippen LogP contribution >= 0.6 is 0 Å². The summed E-state index contributed by atoms with van der Waals surface area (Å²) in [5.41, 5.74) is 0.996. The summed E-state index contributed by atoms with van der Waals surface area (Å²) in [5, 5.41) is 14.1. The lowest BCUT2D eigenvalue weighted by atomic mass is 10.0. The van der Waals surface area contributed by atoms with Gasteiger partial charge in [0, 0.05) is 47.0 Å². The molecule has 3 atom stereocenters. The molecule has 1 rings (SSSR count). The number of nitrogens with one attached hydrogen (secondary N) is 1. The quantitative estimate of drug-likeness (QED) is 0.616. The van der Waals surface area contributed by atoms with E-state index in [9.17, 15) is 14.3 Å². The largest absolute Gasteiger partial charge is 0.309 e. The molecule has 0 aliphatic carbocycles. The fraction of sp³-hybridized carbons (Fsp3) is 0.538. The van der Waals surface area contributed by atoms with Crippen LogP contribution in [0, 0.1) is 10.1 Å². The second-order valence-electron chi connectivity index (χ2n) is 4.53. The van der Waals surface area contributed by atoms with Crippen LogP contribution < -0.4 is 5.32 Å². The SMILES string of the molecule is CCC(NCC(C)S(C)=O)c1cccc([N+](=O)[O-])c1. The molecule has 0 saturated heterocycles. The van der Waals surface area contributed by atoms with Crippen LogP contribution in [-0.2, 0) is 10.8 Å². The van der Waals surface area contributed by atoms with Crippen molar-refractivity contribution in [3.8, 4) is 0 Å². The van der Waals surface area contributed by atoms with Crippen LogP contribution in [0.1, 0.15) is 31.9 Å². The van der Waals surface area contributed by atoms with E-state index in [1.165, 1.54) is 6.07 Å². The minimum atomic E-state index is -0.868. The second-order valence-corrected chi connectivity index (χ2v) is 6.33.